The third-order valence-electron chi connectivity index (χ3n) is 2.54. The van der Waals surface area contributed by atoms with Crippen LogP contribution in [0.2, 0.25) is 0 Å². The molecule has 0 saturated heterocycles. The number of ether oxygens (including phenoxy) is 1. The van der Waals surface area contributed by atoms with Gasteiger partial charge in [-0.15, -0.1) is 0 Å². The molecule has 90 valence electrons. The zero-order chi connectivity index (χ0) is 12.3. The van der Waals surface area contributed by atoms with E-state index in [1.807, 2.05) is 24.3 Å². The number of hydrogen-bond donors (Lipinski definition) is 1. The first-order valence-corrected chi connectivity index (χ1v) is 5.65. The molecule has 0 aliphatic rings. The molecule has 0 saturated carbocycles. The fourth-order valence-electron chi connectivity index (χ4n) is 1.82. The zero-order valence-corrected chi connectivity index (χ0v) is 9.72. The molecule has 4 nitrogen and oxygen atoms in total. The molecule has 2 rings (SSSR count). The number of carboxylic acids is 1. The summed E-state index contributed by atoms with van der Waals surface area (Å²) in [6.07, 6.45) is 2.73. The van der Waals surface area contributed by atoms with Crippen LogP contribution in [0.25, 0.3) is 10.9 Å². The van der Waals surface area contributed by atoms with E-state index < -0.39 is 5.97 Å². The van der Waals surface area contributed by atoms with Gasteiger partial charge in [0.05, 0.1) is 12.1 Å². The lowest BCUT2D eigenvalue weighted by molar-refractivity contribution is -0.137. The van der Waals surface area contributed by atoms with Crippen LogP contribution in [-0.4, -0.2) is 22.2 Å². The van der Waals surface area contributed by atoms with Gasteiger partial charge in [-0.25, -0.2) is 0 Å². The number of nitrogens with zero attached hydrogens (tertiary/aromatic N) is 1. The molecule has 1 aromatic carbocycles. The Kier molecular flexibility index (Phi) is 3.32. The number of carbonyl (C=O) groups is 1. The number of aliphatic carboxylic acids is 1. The van der Waals surface area contributed by atoms with Crippen molar-refractivity contribution < 1.29 is 14.6 Å². The Labute approximate surface area is 99.4 Å². The van der Waals surface area contributed by atoms with E-state index in [1.165, 1.54) is 0 Å². The van der Waals surface area contributed by atoms with Gasteiger partial charge in [-0.05, 0) is 24.6 Å². The van der Waals surface area contributed by atoms with Gasteiger partial charge in [-0.2, -0.15) is 0 Å². The lowest BCUT2D eigenvalue weighted by Gasteiger charge is -2.07. The summed E-state index contributed by atoms with van der Waals surface area (Å²) in [4.78, 5) is 10.7. The lowest BCUT2D eigenvalue weighted by atomic mass is 10.2. The van der Waals surface area contributed by atoms with Crippen molar-refractivity contribution in [2.45, 2.75) is 19.9 Å². The van der Waals surface area contributed by atoms with E-state index in [2.05, 4.69) is 6.92 Å². The van der Waals surface area contributed by atoms with Crippen LogP contribution in [0, 0.1) is 0 Å². The highest BCUT2D eigenvalue weighted by Crippen LogP contribution is 2.26. The molecule has 4 heteroatoms. The van der Waals surface area contributed by atoms with Crippen LogP contribution in [-0.2, 0) is 11.3 Å². The molecule has 2 aromatic rings. The summed E-state index contributed by atoms with van der Waals surface area (Å²) >= 11 is 0. The van der Waals surface area contributed by atoms with Crippen LogP contribution in [0.1, 0.15) is 13.3 Å². The average Bonchev–Trinajstić information content (AvgIpc) is 2.70. The first kappa shape index (κ1) is 11.5. The fourth-order valence-corrected chi connectivity index (χ4v) is 1.82. The van der Waals surface area contributed by atoms with Gasteiger partial charge in [0.25, 0.3) is 0 Å². The Hall–Kier alpha value is -1.97. The topological polar surface area (TPSA) is 51.5 Å². The molecule has 0 unspecified atom stereocenters. The molecule has 17 heavy (non-hydrogen) atoms. The van der Waals surface area contributed by atoms with Crippen molar-refractivity contribution in [3.63, 3.8) is 0 Å². The molecular formula is C13H15NO3. The van der Waals surface area contributed by atoms with Crippen LogP contribution in [0.3, 0.4) is 0 Å². The number of hydrogen-bond acceptors (Lipinski definition) is 2. The van der Waals surface area contributed by atoms with Crippen molar-refractivity contribution in [3.8, 4) is 5.75 Å². The number of rotatable bonds is 5. The molecular weight excluding hydrogens is 218 g/mol. The fraction of sp³-hybridized carbons (Fsp3) is 0.308. The Morgan fingerprint density at radius 2 is 2.24 bits per heavy atom. The highest BCUT2D eigenvalue weighted by molar-refractivity contribution is 5.87. The Balaban J connectivity index is 2.38. The van der Waals surface area contributed by atoms with E-state index in [0.29, 0.717) is 6.61 Å². The maximum atomic E-state index is 10.7. The molecule has 0 fully saturated rings. The second-order valence-electron chi connectivity index (χ2n) is 3.87. The Morgan fingerprint density at radius 3 is 2.94 bits per heavy atom. The summed E-state index contributed by atoms with van der Waals surface area (Å²) in [5, 5.41) is 9.76. The quantitative estimate of drug-likeness (QED) is 0.863. The Morgan fingerprint density at radius 1 is 1.41 bits per heavy atom. The monoisotopic (exact) mass is 233 g/mol. The van der Waals surface area contributed by atoms with E-state index >= 15 is 0 Å². The second kappa shape index (κ2) is 4.91. The van der Waals surface area contributed by atoms with Crippen molar-refractivity contribution in [3.05, 3.63) is 30.5 Å². The summed E-state index contributed by atoms with van der Waals surface area (Å²) in [7, 11) is 0. The van der Waals surface area contributed by atoms with E-state index in [-0.39, 0.29) is 6.54 Å². The molecule has 1 aromatic heterocycles. The van der Waals surface area contributed by atoms with Crippen molar-refractivity contribution in [2.75, 3.05) is 6.61 Å². The molecule has 0 aliphatic heterocycles. The van der Waals surface area contributed by atoms with Crippen LogP contribution in [0.4, 0.5) is 0 Å². The third-order valence-corrected chi connectivity index (χ3v) is 2.54. The minimum atomic E-state index is -0.845. The second-order valence-corrected chi connectivity index (χ2v) is 3.87. The lowest BCUT2D eigenvalue weighted by Crippen LogP contribution is -2.07. The van der Waals surface area contributed by atoms with Crippen LogP contribution in [0.5, 0.6) is 5.75 Å². The standard InChI is InChI=1S/C13H15NO3/c1-2-8-17-12-5-3-4-11-10(12)6-7-14(11)9-13(15)16/h3-7H,2,8-9H2,1H3,(H,15,16). The zero-order valence-electron chi connectivity index (χ0n) is 9.72. The maximum absolute atomic E-state index is 10.7. The van der Waals surface area contributed by atoms with Crippen LogP contribution in [0.15, 0.2) is 30.5 Å². The normalized spacial score (nSPS) is 10.6. The molecule has 0 amide bonds. The largest absolute Gasteiger partial charge is 0.493 e. The van der Waals surface area contributed by atoms with Crippen molar-refractivity contribution in [1.82, 2.24) is 4.57 Å². The minimum absolute atomic E-state index is 0.0271. The minimum Gasteiger partial charge on any atom is -0.493 e. The first-order chi connectivity index (χ1) is 8.22. The number of fused-ring (bicyclic) bond motifs is 1. The van der Waals surface area contributed by atoms with Gasteiger partial charge in [0.1, 0.15) is 12.3 Å². The van der Waals surface area contributed by atoms with E-state index in [0.717, 1.165) is 23.1 Å². The van der Waals surface area contributed by atoms with Gasteiger partial charge >= 0.3 is 5.97 Å². The summed E-state index contributed by atoms with van der Waals surface area (Å²) in [5.41, 5.74) is 0.890. The Bertz CT molecular complexity index is 530. The van der Waals surface area contributed by atoms with Crippen LogP contribution < -0.4 is 4.74 Å². The van der Waals surface area contributed by atoms with E-state index in [9.17, 15) is 4.79 Å². The summed E-state index contributed by atoms with van der Waals surface area (Å²) in [6, 6.07) is 7.58. The first-order valence-electron chi connectivity index (χ1n) is 5.65. The molecule has 1 heterocycles. The third kappa shape index (κ3) is 2.41. The summed E-state index contributed by atoms with van der Waals surface area (Å²) in [5.74, 6) is -0.0316. The van der Waals surface area contributed by atoms with Gasteiger partial charge in [-0.1, -0.05) is 13.0 Å². The van der Waals surface area contributed by atoms with E-state index in [4.69, 9.17) is 9.84 Å². The molecule has 0 spiro atoms. The highest BCUT2D eigenvalue weighted by Gasteiger charge is 2.08. The number of benzene rings is 1. The molecule has 1 N–H and O–H groups in total. The average molecular weight is 233 g/mol. The molecule has 0 radical (unpaired) electrons. The maximum Gasteiger partial charge on any atom is 0.323 e. The SMILES string of the molecule is CCCOc1cccc2c1ccn2CC(=O)O. The number of aromatic nitrogens is 1. The predicted molar refractivity (Wildman–Crippen MR) is 65.4 cm³/mol. The smallest absolute Gasteiger partial charge is 0.323 e. The molecule has 0 atom stereocenters. The van der Waals surface area contributed by atoms with Crippen molar-refractivity contribution in [2.24, 2.45) is 0 Å². The van der Waals surface area contributed by atoms with Gasteiger partial charge in [-0.3, -0.25) is 4.79 Å². The summed E-state index contributed by atoms with van der Waals surface area (Å²) < 4.78 is 7.33. The van der Waals surface area contributed by atoms with Gasteiger partial charge in [0, 0.05) is 11.6 Å². The highest BCUT2D eigenvalue weighted by atomic mass is 16.5. The molecule has 0 bridgehead atoms. The van der Waals surface area contributed by atoms with E-state index in [1.54, 1.807) is 10.8 Å². The number of carboxylic acid groups (broad SMARTS) is 1. The van der Waals surface area contributed by atoms with Gasteiger partial charge < -0.3 is 14.4 Å². The van der Waals surface area contributed by atoms with Crippen LogP contribution >= 0.6 is 0 Å². The van der Waals surface area contributed by atoms with Gasteiger partial charge in [0.2, 0.25) is 0 Å². The predicted octanol–water partition coefficient (Wildman–Crippen LogP) is 2.51. The molecule has 0 aliphatic carbocycles. The van der Waals surface area contributed by atoms with Crippen molar-refractivity contribution in [1.29, 1.82) is 0 Å². The van der Waals surface area contributed by atoms with Crippen molar-refractivity contribution >= 4 is 16.9 Å². The van der Waals surface area contributed by atoms with Gasteiger partial charge in [0.15, 0.2) is 0 Å². The summed E-state index contributed by atoms with van der Waals surface area (Å²) in [6.45, 7) is 2.69.